The summed E-state index contributed by atoms with van der Waals surface area (Å²) in [5.74, 6) is 4.91. The van der Waals surface area contributed by atoms with Gasteiger partial charge in [-0.3, -0.25) is 20.3 Å². The molecule has 1 amide bonds. The first-order chi connectivity index (χ1) is 14.6. The predicted molar refractivity (Wildman–Crippen MR) is 117 cm³/mol. The van der Waals surface area contributed by atoms with Gasteiger partial charge in [0.25, 0.3) is 11.6 Å². The molecule has 0 fully saturated rings. The fourth-order valence-corrected chi connectivity index (χ4v) is 3.96. The number of carbonyl (C=O) groups excluding carboxylic acids is 1. The maximum Gasteiger partial charge on any atom is 0.269 e. The Labute approximate surface area is 176 Å². The molecule has 0 spiro atoms. The third kappa shape index (κ3) is 3.82. The van der Waals surface area contributed by atoms with Gasteiger partial charge in [-0.1, -0.05) is 36.4 Å². The second-order valence-corrected chi connectivity index (χ2v) is 7.30. The first-order valence-electron chi connectivity index (χ1n) is 8.98. The second kappa shape index (κ2) is 8.24. The Hall–Kier alpha value is -3.88. The molecule has 1 aromatic heterocycles. The number of rotatable bonds is 5. The average molecular weight is 416 g/mol. The number of nitrogen functional groups attached to an aromatic ring is 1. The van der Waals surface area contributed by atoms with Gasteiger partial charge in [-0.25, -0.2) is 10.8 Å². The molecule has 0 aliphatic carbocycles. The summed E-state index contributed by atoms with van der Waals surface area (Å²) in [6.07, 6.45) is 0. The number of hydrazine groups is 1. The van der Waals surface area contributed by atoms with Crippen molar-refractivity contribution in [1.82, 2.24) is 10.4 Å². The third-order valence-corrected chi connectivity index (χ3v) is 5.48. The van der Waals surface area contributed by atoms with E-state index in [1.54, 1.807) is 24.3 Å². The lowest BCUT2D eigenvalue weighted by Crippen LogP contribution is -2.29. The molecule has 7 nitrogen and oxygen atoms in total. The van der Waals surface area contributed by atoms with Crippen molar-refractivity contribution < 1.29 is 9.72 Å². The fraction of sp³-hybridized carbons (Fsp3) is 0. The molecule has 0 unspecified atom stereocenters. The van der Waals surface area contributed by atoms with E-state index >= 15 is 0 Å². The smallest absolute Gasteiger partial charge is 0.269 e. The van der Waals surface area contributed by atoms with Gasteiger partial charge < -0.3 is 0 Å². The van der Waals surface area contributed by atoms with Crippen LogP contribution in [0.4, 0.5) is 5.69 Å². The van der Waals surface area contributed by atoms with Crippen molar-refractivity contribution in [2.45, 2.75) is 0 Å². The summed E-state index contributed by atoms with van der Waals surface area (Å²) < 4.78 is 0. The summed E-state index contributed by atoms with van der Waals surface area (Å²) in [6.45, 7) is 0. The van der Waals surface area contributed by atoms with E-state index in [1.807, 2.05) is 41.8 Å². The summed E-state index contributed by atoms with van der Waals surface area (Å²) in [7, 11) is 0. The van der Waals surface area contributed by atoms with Crippen molar-refractivity contribution in [3.8, 4) is 33.0 Å². The number of hydrogen-bond acceptors (Lipinski definition) is 6. The molecule has 4 rings (SSSR count). The number of nitro benzene ring substituents is 1. The van der Waals surface area contributed by atoms with E-state index in [1.165, 1.54) is 23.5 Å². The number of aromatic nitrogens is 1. The normalized spacial score (nSPS) is 10.6. The zero-order chi connectivity index (χ0) is 21.1. The van der Waals surface area contributed by atoms with Crippen LogP contribution in [-0.4, -0.2) is 15.8 Å². The molecule has 0 aliphatic heterocycles. The van der Waals surface area contributed by atoms with Gasteiger partial charge in [0.05, 0.1) is 10.6 Å². The highest BCUT2D eigenvalue weighted by atomic mass is 32.1. The van der Waals surface area contributed by atoms with E-state index < -0.39 is 4.92 Å². The molecule has 4 aromatic rings. The summed E-state index contributed by atoms with van der Waals surface area (Å²) >= 11 is 1.44. The summed E-state index contributed by atoms with van der Waals surface area (Å²) in [5, 5.41) is 13.5. The molecule has 0 aliphatic rings. The fourth-order valence-electron chi connectivity index (χ4n) is 3.10. The van der Waals surface area contributed by atoms with Gasteiger partial charge >= 0.3 is 0 Å². The van der Waals surface area contributed by atoms with E-state index in [-0.39, 0.29) is 11.6 Å². The number of benzene rings is 3. The number of nitro groups is 1. The Balaban J connectivity index is 1.79. The highest BCUT2D eigenvalue weighted by Crippen LogP contribution is 2.36. The number of non-ortho nitro benzene ring substituents is 1. The Bertz CT molecular complexity index is 1220. The van der Waals surface area contributed by atoms with Crippen LogP contribution in [0, 0.1) is 10.1 Å². The summed E-state index contributed by atoms with van der Waals surface area (Å²) in [6, 6.07) is 21.4. The van der Waals surface area contributed by atoms with Crippen molar-refractivity contribution in [2.24, 2.45) is 5.84 Å². The van der Waals surface area contributed by atoms with E-state index in [9.17, 15) is 14.9 Å². The van der Waals surface area contributed by atoms with E-state index in [0.29, 0.717) is 11.3 Å². The predicted octanol–water partition coefficient (Wildman–Crippen LogP) is 4.66. The zero-order valence-corrected chi connectivity index (χ0v) is 16.4. The van der Waals surface area contributed by atoms with Crippen LogP contribution in [0.25, 0.3) is 33.0 Å². The highest BCUT2D eigenvalue weighted by Gasteiger charge is 2.16. The number of nitrogens with two attached hydrogens (primary N) is 1. The van der Waals surface area contributed by atoms with Crippen molar-refractivity contribution in [1.29, 1.82) is 0 Å². The maximum absolute atomic E-state index is 12.1. The summed E-state index contributed by atoms with van der Waals surface area (Å²) in [5.41, 5.74) is 6.84. The van der Waals surface area contributed by atoms with E-state index in [2.05, 4.69) is 5.43 Å². The van der Waals surface area contributed by atoms with Gasteiger partial charge in [-0.15, -0.1) is 11.3 Å². The Kier molecular flexibility index (Phi) is 5.34. The van der Waals surface area contributed by atoms with Crippen molar-refractivity contribution >= 4 is 22.9 Å². The van der Waals surface area contributed by atoms with Gasteiger partial charge in [0.2, 0.25) is 0 Å². The SMILES string of the molecule is NNC(=O)c1ccc(-c2ccccc2)c(-c2nc(-c3ccc([N+](=O)[O-])cc3)cs2)c1. The lowest BCUT2D eigenvalue weighted by atomic mass is 9.97. The van der Waals surface area contributed by atoms with Gasteiger partial charge in [0.15, 0.2) is 0 Å². The van der Waals surface area contributed by atoms with Gasteiger partial charge in [-0.05, 0) is 35.4 Å². The van der Waals surface area contributed by atoms with Crippen molar-refractivity contribution in [3.05, 3.63) is 93.9 Å². The lowest BCUT2D eigenvalue weighted by Gasteiger charge is -2.10. The molecule has 0 saturated carbocycles. The number of nitrogens with one attached hydrogen (secondary N) is 1. The van der Waals surface area contributed by atoms with E-state index in [4.69, 9.17) is 10.8 Å². The van der Waals surface area contributed by atoms with Crippen LogP contribution in [0.3, 0.4) is 0 Å². The Morgan fingerprint density at radius 2 is 1.70 bits per heavy atom. The summed E-state index contributed by atoms with van der Waals surface area (Å²) in [4.78, 5) is 27.2. The molecule has 3 aromatic carbocycles. The largest absolute Gasteiger partial charge is 0.290 e. The maximum atomic E-state index is 12.1. The highest BCUT2D eigenvalue weighted by molar-refractivity contribution is 7.13. The van der Waals surface area contributed by atoms with Gasteiger partial charge in [-0.2, -0.15) is 0 Å². The number of nitrogens with zero attached hydrogens (tertiary/aromatic N) is 2. The molecule has 0 radical (unpaired) electrons. The van der Waals surface area contributed by atoms with Crippen LogP contribution in [-0.2, 0) is 0 Å². The number of thiazole rings is 1. The quantitative estimate of drug-likeness (QED) is 0.213. The van der Waals surface area contributed by atoms with Crippen molar-refractivity contribution in [2.75, 3.05) is 0 Å². The minimum atomic E-state index is -0.434. The Morgan fingerprint density at radius 1 is 0.967 bits per heavy atom. The molecule has 30 heavy (non-hydrogen) atoms. The topological polar surface area (TPSA) is 111 Å². The third-order valence-electron chi connectivity index (χ3n) is 4.61. The molecule has 148 valence electrons. The van der Waals surface area contributed by atoms with Crippen LogP contribution >= 0.6 is 11.3 Å². The minimum absolute atomic E-state index is 0.0288. The average Bonchev–Trinajstić information content (AvgIpc) is 3.29. The molecular weight excluding hydrogens is 400 g/mol. The Morgan fingerprint density at radius 3 is 2.37 bits per heavy atom. The lowest BCUT2D eigenvalue weighted by molar-refractivity contribution is -0.384. The van der Waals surface area contributed by atoms with Crippen LogP contribution in [0.1, 0.15) is 10.4 Å². The van der Waals surface area contributed by atoms with Crippen LogP contribution < -0.4 is 11.3 Å². The molecule has 0 saturated heterocycles. The van der Waals surface area contributed by atoms with Gasteiger partial charge in [0, 0.05) is 34.2 Å². The molecule has 3 N–H and O–H groups in total. The molecular formula is C22H16N4O3S. The zero-order valence-electron chi connectivity index (χ0n) is 15.6. The molecule has 0 bridgehead atoms. The van der Waals surface area contributed by atoms with Gasteiger partial charge in [0.1, 0.15) is 5.01 Å². The molecule has 1 heterocycles. The van der Waals surface area contributed by atoms with Crippen LogP contribution in [0.15, 0.2) is 78.2 Å². The van der Waals surface area contributed by atoms with E-state index in [0.717, 1.165) is 27.3 Å². The van der Waals surface area contributed by atoms with Crippen LogP contribution in [0.2, 0.25) is 0 Å². The van der Waals surface area contributed by atoms with Crippen molar-refractivity contribution in [3.63, 3.8) is 0 Å². The molecule has 0 atom stereocenters. The number of amides is 1. The number of hydrogen-bond donors (Lipinski definition) is 2. The van der Waals surface area contributed by atoms with Crippen LogP contribution in [0.5, 0.6) is 0 Å². The number of carbonyl (C=O) groups is 1. The first kappa shape index (κ1) is 19.4. The standard InChI is InChI=1S/C22H16N4O3S/c23-25-21(27)16-8-11-18(14-4-2-1-3-5-14)19(12-16)22-24-20(13-30-22)15-6-9-17(10-7-15)26(28)29/h1-13H,23H2,(H,25,27). The first-order valence-corrected chi connectivity index (χ1v) is 9.86. The molecule has 8 heteroatoms. The minimum Gasteiger partial charge on any atom is -0.290 e. The monoisotopic (exact) mass is 416 g/mol. The second-order valence-electron chi connectivity index (χ2n) is 6.44.